The van der Waals surface area contributed by atoms with Crippen LogP contribution < -0.4 is 20.3 Å². The van der Waals surface area contributed by atoms with E-state index in [-0.39, 0.29) is 24.6 Å². The molecule has 1 aromatic carbocycles. The number of anilines is 2. The maximum absolute atomic E-state index is 12.2. The Morgan fingerprint density at radius 1 is 1.35 bits per heavy atom. The van der Waals surface area contributed by atoms with Crippen molar-refractivity contribution in [3.63, 3.8) is 0 Å². The van der Waals surface area contributed by atoms with Crippen molar-refractivity contribution >= 4 is 23.3 Å². The molecule has 2 heterocycles. The van der Waals surface area contributed by atoms with E-state index in [0.717, 1.165) is 24.3 Å². The molecule has 2 aromatic rings. The Morgan fingerprint density at radius 2 is 2.19 bits per heavy atom. The van der Waals surface area contributed by atoms with E-state index in [1.54, 1.807) is 29.4 Å². The molecule has 3 rings (SSSR count). The average molecular weight is 357 g/mol. The lowest BCUT2D eigenvalue weighted by Gasteiger charge is -2.28. The van der Waals surface area contributed by atoms with Gasteiger partial charge in [-0.25, -0.2) is 4.79 Å². The van der Waals surface area contributed by atoms with E-state index < -0.39 is 0 Å². The molecule has 1 unspecified atom stereocenters. The number of carbonyl (C=O) groups excluding carboxylic acids is 2. The minimum atomic E-state index is -0.281. The molecule has 3 amide bonds. The molecular formula is C19H23N3O4. The summed E-state index contributed by atoms with van der Waals surface area (Å²) in [7, 11) is 0. The first-order valence-corrected chi connectivity index (χ1v) is 8.74. The van der Waals surface area contributed by atoms with Crippen molar-refractivity contribution in [2.24, 2.45) is 0 Å². The molecule has 0 saturated heterocycles. The number of carbonyl (C=O) groups is 2. The van der Waals surface area contributed by atoms with Gasteiger partial charge in [0.05, 0.1) is 12.0 Å². The lowest BCUT2D eigenvalue weighted by molar-refractivity contribution is -0.121. The first kappa shape index (κ1) is 17.8. The zero-order valence-corrected chi connectivity index (χ0v) is 15.0. The highest BCUT2D eigenvalue weighted by Crippen LogP contribution is 2.34. The van der Waals surface area contributed by atoms with Crippen molar-refractivity contribution in [3.05, 3.63) is 42.4 Å². The highest BCUT2D eigenvalue weighted by atomic mass is 16.5. The lowest BCUT2D eigenvalue weighted by Crippen LogP contribution is -2.38. The maximum Gasteiger partial charge on any atom is 0.319 e. The molecular weight excluding hydrogens is 334 g/mol. The third-order valence-electron chi connectivity index (χ3n) is 4.26. The number of benzene rings is 1. The molecule has 26 heavy (non-hydrogen) atoms. The number of fused-ring (bicyclic) bond motifs is 1. The van der Waals surface area contributed by atoms with Crippen molar-refractivity contribution in [2.75, 3.05) is 23.4 Å². The summed E-state index contributed by atoms with van der Waals surface area (Å²) in [6.45, 7) is 4.45. The smallest absolute Gasteiger partial charge is 0.319 e. The normalized spacial score (nSPS) is 14.4. The molecule has 7 heteroatoms. The van der Waals surface area contributed by atoms with Crippen LogP contribution in [0.25, 0.3) is 0 Å². The van der Waals surface area contributed by atoms with Gasteiger partial charge in [-0.1, -0.05) is 0 Å². The van der Waals surface area contributed by atoms with Crippen LogP contribution in [0.2, 0.25) is 0 Å². The van der Waals surface area contributed by atoms with Crippen molar-refractivity contribution in [3.8, 4) is 5.75 Å². The summed E-state index contributed by atoms with van der Waals surface area (Å²) in [5, 5.41) is 5.70. The van der Waals surface area contributed by atoms with Gasteiger partial charge in [-0.15, -0.1) is 0 Å². The summed E-state index contributed by atoms with van der Waals surface area (Å²) in [5.41, 5.74) is 1.34. The van der Waals surface area contributed by atoms with E-state index in [1.807, 2.05) is 26.0 Å². The molecule has 1 aliphatic rings. The second kappa shape index (κ2) is 7.95. The number of nitrogens with one attached hydrogen (secondary N) is 2. The maximum atomic E-state index is 12.2. The van der Waals surface area contributed by atoms with Gasteiger partial charge in [0.1, 0.15) is 11.5 Å². The van der Waals surface area contributed by atoms with E-state index in [4.69, 9.17) is 9.15 Å². The van der Waals surface area contributed by atoms with E-state index in [1.165, 1.54) is 0 Å². The summed E-state index contributed by atoms with van der Waals surface area (Å²) in [5.74, 6) is 1.43. The van der Waals surface area contributed by atoms with E-state index in [2.05, 4.69) is 10.6 Å². The fourth-order valence-electron chi connectivity index (χ4n) is 2.91. The number of likely N-dealkylation sites (N-methyl/N-ethyl adjacent to an activating group) is 1. The number of hydrogen-bond donors (Lipinski definition) is 2. The van der Waals surface area contributed by atoms with Crippen molar-refractivity contribution in [1.82, 2.24) is 5.32 Å². The Morgan fingerprint density at radius 3 is 2.92 bits per heavy atom. The van der Waals surface area contributed by atoms with Gasteiger partial charge < -0.3 is 24.7 Å². The summed E-state index contributed by atoms with van der Waals surface area (Å²) < 4.78 is 10.8. The van der Waals surface area contributed by atoms with Crippen LogP contribution >= 0.6 is 0 Å². The Kier molecular flexibility index (Phi) is 5.46. The second-order valence-corrected chi connectivity index (χ2v) is 6.23. The average Bonchev–Trinajstić information content (AvgIpc) is 3.13. The summed E-state index contributed by atoms with van der Waals surface area (Å²) in [6.07, 6.45) is 3.19. The topological polar surface area (TPSA) is 83.8 Å². The molecule has 0 aliphatic carbocycles. The molecule has 2 N–H and O–H groups in total. The zero-order chi connectivity index (χ0) is 18.5. The summed E-state index contributed by atoms with van der Waals surface area (Å²) in [4.78, 5) is 25.7. The standard InChI is InChI=1S/C19H23N3O4/c1-3-22-16-9-7-14(11-17(16)26-12-18(22)23)21-19(24)20-13(2)6-8-15-5-4-10-25-15/h4-5,7,9-11,13H,3,6,8,12H2,1-2H3,(H2,20,21,24). The Labute approximate surface area is 152 Å². The summed E-state index contributed by atoms with van der Waals surface area (Å²) >= 11 is 0. The number of hydrogen-bond acceptors (Lipinski definition) is 4. The van der Waals surface area contributed by atoms with Crippen molar-refractivity contribution < 1.29 is 18.7 Å². The Hall–Kier alpha value is -2.96. The fourth-order valence-corrected chi connectivity index (χ4v) is 2.91. The zero-order valence-electron chi connectivity index (χ0n) is 15.0. The molecule has 7 nitrogen and oxygen atoms in total. The largest absolute Gasteiger partial charge is 0.481 e. The van der Waals surface area contributed by atoms with Crippen LogP contribution in [-0.2, 0) is 11.2 Å². The minimum absolute atomic E-state index is 0.00202. The van der Waals surface area contributed by atoms with E-state index in [9.17, 15) is 9.59 Å². The van der Waals surface area contributed by atoms with Gasteiger partial charge in [-0.2, -0.15) is 0 Å². The molecule has 1 aromatic heterocycles. The molecule has 0 bridgehead atoms. The van der Waals surface area contributed by atoms with Crippen LogP contribution in [0.3, 0.4) is 0 Å². The van der Waals surface area contributed by atoms with Gasteiger partial charge in [-0.3, -0.25) is 4.79 Å². The van der Waals surface area contributed by atoms with Gasteiger partial charge in [-0.05, 0) is 44.5 Å². The molecule has 0 radical (unpaired) electrons. The van der Waals surface area contributed by atoms with Gasteiger partial charge in [0, 0.05) is 30.8 Å². The van der Waals surface area contributed by atoms with Crippen LogP contribution in [0.1, 0.15) is 26.0 Å². The number of aryl methyl sites for hydroxylation is 1. The number of urea groups is 1. The number of amides is 3. The summed E-state index contributed by atoms with van der Waals surface area (Å²) in [6, 6.07) is 8.77. The molecule has 138 valence electrons. The van der Waals surface area contributed by atoms with Crippen LogP contribution in [0.4, 0.5) is 16.2 Å². The van der Waals surface area contributed by atoms with Gasteiger partial charge in [0.15, 0.2) is 6.61 Å². The predicted molar refractivity (Wildman–Crippen MR) is 98.6 cm³/mol. The van der Waals surface area contributed by atoms with Gasteiger partial charge in [0.2, 0.25) is 0 Å². The van der Waals surface area contributed by atoms with E-state index in [0.29, 0.717) is 18.0 Å². The SMILES string of the molecule is CCN1C(=O)COc2cc(NC(=O)NC(C)CCc3ccco3)ccc21. The number of rotatable bonds is 6. The quantitative estimate of drug-likeness (QED) is 0.832. The van der Waals surface area contributed by atoms with Crippen LogP contribution in [0.5, 0.6) is 5.75 Å². The highest BCUT2D eigenvalue weighted by molar-refractivity contribution is 5.98. The second-order valence-electron chi connectivity index (χ2n) is 6.23. The molecule has 0 fully saturated rings. The first-order valence-electron chi connectivity index (χ1n) is 8.74. The minimum Gasteiger partial charge on any atom is -0.481 e. The molecule has 0 spiro atoms. The fraction of sp³-hybridized carbons (Fsp3) is 0.368. The predicted octanol–water partition coefficient (Wildman–Crippen LogP) is 3.17. The Bertz CT molecular complexity index is 773. The monoisotopic (exact) mass is 357 g/mol. The van der Waals surface area contributed by atoms with Crippen molar-refractivity contribution in [2.45, 2.75) is 32.7 Å². The van der Waals surface area contributed by atoms with E-state index >= 15 is 0 Å². The third kappa shape index (κ3) is 4.17. The lowest BCUT2D eigenvalue weighted by atomic mass is 10.1. The molecule has 0 saturated carbocycles. The van der Waals surface area contributed by atoms with Crippen molar-refractivity contribution in [1.29, 1.82) is 0 Å². The van der Waals surface area contributed by atoms with Gasteiger partial charge >= 0.3 is 6.03 Å². The first-order chi connectivity index (χ1) is 12.6. The number of ether oxygens (including phenoxy) is 1. The third-order valence-corrected chi connectivity index (χ3v) is 4.26. The Balaban J connectivity index is 1.55. The van der Waals surface area contributed by atoms with Crippen LogP contribution in [-0.4, -0.2) is 31.1 Å². The number of nitrogens with zero attached hydrogens (tertiary/aromatic N) is 1. The van der Waals surface area contributed by atoms with Crippen LogP contribution in [0, 0.1) is 0 Å². The van der Waals surface area contributed by atoms with Crippen LogP contribution in [0.15, 0.2) is 41.0 Å². The molecule has 1 atom stereocenters. The number of furan rings is 1. The van der Waals surface area contributed by atoms with Gasteiger partial charge in [0.25, 0.3) is 5.91 Å². The molecule has 1 aliphatic heterocycles. The highest BCUT2D eigenvalue weighted by Gasteiger charge is 2.24.